The lowest BCUT2D eigenvalue weighted by molar-refractivity contribution is 0.0972. The van der Waals surface area contributed by atoms with Gasteiger partial charge >= 0.3 is 0 Å². The topological polar surface area (TPSA) is 87.1 Å². The van der Waals surface area contributed by atoms with Gasteiger partial charge in [0.25, 0.3) is 0 Å². The molecule has 0 unspecified atom stereocenters. The second-order valence-corrected chi connectivity index (χ2v) is 7.98. The van der Waals surface area contributed by atoms with E-state index < -0.39 is 0 Å². The Labute approximate surface area is 181 Å². The van der Waals surface area contributed by atoms with Crippen molar-refractivity contribution >= 4 is 29.2 Å². The number of aryl methyl sites for hydroxylation is 2. The van der Waals surface area contributed by atoms with E-state index in [1.807, 2.05) is 30.3 Å². The summed E-state index contributed by atoms with van der Waals surface area (Å²) in [7, 11) is 0. The fourth-order valence-corrected chi connectivity index (χ4v) is 4.08. The van der Waals surface area contributed by atoms with E-state index in [-0.39, 0.29) is 5.78 Å². The van der Waals surface area contributed by atoms with Crippen molar-refractivity contribution in [1.82, 2.24) is 19.9 Å². The first kappa shape index (κ1) is 19.4. The second kappa shape index (κ2) is 8.29. The van der Waals surface area contributed by atoms with Crippen molar-refractivity contribution in [1.29, 1.82) is 0 Å². The monoisotopic (exact) mass is 415 g/mol. The van der Waals surface area contributed by atoms with Crippen LogP contribution in [0.2, 0.25) is 0 Å². The Morgan fingerprint density at radius 1 is 0.871 bits per heavy atom. The summed E-state index contributed by atoms with van der Waals surface area (Å²) < 4.78 is 0. The summed E-state index contributed by atoms with van der Waals surface area (Å²) in [6, 6.07) is 9.93. The van der Waals surface area contributed by atoms with Crippen LogP contribution in [-0.2, 0) is 6.42 Å². The Morgan fingerprint density at radius 3 is 2.26 bits per heavy atom. The number of carbonyl (C=O) groups excluding carboxylic acids is 1. The molecule has 0 atom stereocenters. The predicted molar refractivity (Wildman–Crippen MR) is 120 cm³/mol. The van der Waals surface area contributed by atoms with Crippen molar-refractivity contribution in [2.24, 2.45) is 0 Å². The van der Waals surface area contributed by atoms with Gasteiger partial charge in [-0.3, -0.25) is 4.79 Å². The number of ketones is 1. The molecule has 0 bridgehead atoms. The third-order valence-corrected chi connectivity index (χ3v) is 5.78. The number of benzene rings is 1. The summed E-state index contributed by atoms with van der Waals surface area (Å²) in [5.74, 6) is 2.16. The third-order valence-electron chi connectivity index (χ3n) is 5.78. The number of anilines is 4. The maximum Gasteiger partial charge on any atom is 0.227 e. The van der Waals surface area contributed by atoms with Crippen molar-refractivity contribution in [3.8, 4) is 0 Å². The van der Waals surface area contributed by atoms with Gasteiger partial charge in [0.05, 0.1) is 11.3 Å². The van der Waals surface area contributed by atoms with E-state index in [4.69, 9.17) is 9.97 Å². The summed E-state index contributed by atoms with van der Waals surface area (Å²) in [4.78, 5) is 35.4. The highest BCUT2D eigenvalue weighted by Gasteiger charge is 2.27. The standard InChI is InChI=1S/C23H25N7O/c1-16-6-8-17(9-7-16)26-21-20-18(4-2-5-19(20)31)27-23(28-21)30-14-12-29(13-15-30)22-24-10-3-11-25-22/h3,6-11H,2,4-5,12-15H2,1H3,(H,26,27,28). The summed E-state index contributed by atoms with van der Waals surface area (Å²) >= 11 is 0. The Bertz CT molecular complexity index is 1080. The summed E-state index contributed by atoms with van der Waals surface area (Å²) in [5.41, 5.74) is 3.60. The Morgan fingerprint density at radius 2 is 1.55 bits per heavy atom. The number of hydrogen-bond donors (Lipinski definition) is 1. The molecular weight excluding hydrogens is 390 g/mol. The van der Waals surface area contributed by atoms with Crippen LogP contribution in [0.4, 0.5) is 23.4 Å². The SMILES string of the molecule is Cc1ccc(Nc2nc(N3CCN(c4ncccn4)CC3)nc3c2C(=O)CCC3)cc1. The molecule has 3 heterocycles. The van der Waals surface area contributed by atoms with Crippen LogP contribution in [-0.4, -0.2) is 51.9 Å². The van der Waals surface area contributed by atoms with E-state index in [2.05, 4.69) is 32.0 Å². The molecule has 1 aliphatic heterocycles. The van der Waals surface area contributed by atoms with Gasteiger partial charge in [0.15, 0.2) is 5.78 Å². The molecule has 2 aromatic heterocycles. The van der Waals surface area contributed by atoms with Gasteiger partial charge in [-0.2, -0.15) is 4.98 Å². The average Bonchev–Trinajstić information content (AvgIpc) is 2.81. The number of carbonyl (C=O) groups is 1. The number of nitrogens with zero attached hydrogens (tertiary/aromatic N) is 6. The van der Waals surface area contributed by atoms with E-state index in [9.17, 15) is 4.79 Å². The van der Waals surface area contributed by atoms with E-state index in [1.54, 1.807) is 12.4 Å². The average molecular weight is 416 g/mol. The van der Waals surface area contributed by atoms with E-state index in [1.165, 1.54) is 5.56 Å². The molecule has 8 heteroatoms. The minimum absolute atomic E-state index is 0.119. The van der Waals surface area contributed by atoms with E-state index in [0.717, 1.165) is 56.4 Å². The molecule has 0 amide bonds. The number of piperazine rings is 1. The second-order valence-electron chi connectivity index (χ2n) is 7.98. The molecule has 3 aromatic rings. The Balaban J connectivity index is 1.41. The minimum atomic E-state index is 0.119. The molecule has 2 aliphatic rings. The Hall–Kier alpha value is -3.55. The van der Waals surface area contributed by atoms with Crippen molar-refractivity contribution in [2.75, 3.05) is 41.3 Å². The number of aromatic nitrogens is 4. The largest absolute Gasteiger partial charge is 0.339 e. The zero-order valence-electron chi connectivity index (χ0n) is 17.6. The molecular formula is C23H25N7O. The van der Waals surface area contributed by atoms with Crippen LogP contribution in [0.15, 0.2) is 42.7 Å². The van der Waals surface area contributed by atoms with Crippen LogP contribution in [0.25, 0.3) is 0 Å². The zero-order chi connectivity index (χ0) is 21.2. The minimum Gasteiger partial charge on any atom is -0.339 e. The smallest absolute Gasteiger partial charge is 0.227 e. The number of fused-ring (bicyclic) bond motifs is 1. The normalized spacial score (nSPS) is 16.2. The van der Waals surface area contributed by atoms with Crippen molar-refractivity contribution in [2.45, 2.75) is 26.2 Å². The first-order valence-electron chi connectivity index (χ1n) is 10.7. The van der Waals surface area contributed by atoms with Crippen molar-refractivity contribution in [3.05, 3.63) is 59.5 Å². The highest BCUT2D eigenvalue weighted by Crippen LogP contribution is 2.30. The predicted octanol–water partition coefficient (Wildman–Crippen LogP) is 3.16. The first-order valence-corrected chi connectivity index (χ1v) is 10.7. The lowest BCUT2D eigenvalue weighted by atomic mass is 9.95. The van der Waals surface area contributed by atoms with Crippen molar-refractivity contribution in [3.63, 3.8) is 0 Å². The van der Waals surface area contributed by atoms with Gasteiger partial charge in [0, 0.05) is 50.7 Å². The highest BCUT2D eigenvalue weighted by atomic mass is 16.1. The Kier molecular flexibility index (Phi) is 5.19. The molecule has 158 valence electrons. The van der Waals surface area contributed by atoms with Crippen LogP contribution in [0.5, 0.6) is 0 Å². The number of hydrogen-bond acceptors (Lipinski definition) is 8. The lowest BCUT2D eigenvalue weighted by Gasteiger charge is -2.35. The molecule has 0 spiro atoms. The number of Topliss-reactive ketones (excluding diaryl/α,β-unsaturated/α-hetero) is 1. The summed E-state index contributed by atoms with van der Waals surface area (Å²) in [5, 5.41) is 3.37. The molecule has 5 rings (SSSR count). The molecule has 1 aromatic carbocycles. The molecule has 1 fully saturated rings. The van der Waals surface area contributed by atoms with Gasteiger partial charge < -0.3 is 15.1 Å². The van der Waals surface area contributed by atoms with Crippen LogP contribution in [0.1, 0.15) is 34.5 Å². The van der Waals surface area contributed by atoms with Gasteiger partial charge in [0.2, 0.25) is 11.9 Å². The van der Waals surface area contributed by atoms with Gasteiger partial charge in [-0.25, -0.2) is 15.0 Å². The quantitative estimate of drug-likeness (QED) is 0.695. The van der Waals surface area contributed by atoms with Gasteiger partial charge in [-0.1, -0.05) is 17.7 Å². The van der Waals surface area contributed by atoms with Gasteiger partial charge in [0.1, 0.15) is 5.82 Å². The molecule has 31 heavy (non-hydrogen) atoms. The van der Waals surface area contributed by atoms with Crippen LogP contribution < -0.4 is 15.1 Å². The maximum atomic E-state index is 12.7. The molecule has 0 saturated carbocycles. The van der Waals surface area contributed by atoms with E-state index >= 15 is 0 Å². The highest BCUT2D eigenvalue weighted by molar-refractivity contribution is 6.03. The lowest BCUT2D eigenvalue weighted by Crippen LogP contribution is -2.47. The fourth-order valence-electron chi connectivity index (χ4n) is 4.08. The summed E-state index contributed by atoms with van der Waals surface area (Å²) in [6.45, 7) is 5.19. The molecule has 0 radical (unpaired) electrons. The molecule has 1 saturated heterocycles. The van der Waals surface area contributed by atoms with Gasteiger partial charge in [-0.15, -0.1) is 0 Å². The molecule has 1 aliphatic carbocycles. The maximum absolute atomic E-state index is 12.7. The van der Waals surface area contributed by atoms with E-state index in [0.29, 0.717) is 23.8 Å². The van der Waals surface area contributed by atoms with Crippen LogP contribution in [0, 0.1) is 6.92 Å². The third kappa shape index (κ3) is 4.05. The zero-order valence-corrected chi connectivity index (χ0v) is 17.6. The van der Waals surface area contributed by atoms with Gasteiger partial charge in [-0.05, 0) is 38.0 Å². The fraction of sp³-hybridized carbons (Fsp3) is 0.348. The van der Waals surface area contributed by atoms with Crippen LogP contribution >= 0.6 is 0 Å². The molecule has 1 N–H and O–H groups in total. The van der Waals surface area contributed by atoms with Crippen LogP contribution in [0.3, 0.4) is 0 Å². The number of rotatable bonds is 4. The van der Waals surface area contributed by atoms with Crippen molar-refractivity contribution < 1.29 is 4.79 Å². The summed E-state index contributed by atoms with van der Waals surface area (Å²) in [6.07, 6.45) is 5.72. The molecule has 8 nitrogen and oxygen atoms in total. The number of nitrogens with one attached hydrogen (secondary N) is 1. The first-order chi connectivity index (χ1) is 15.2.